The maximum atomic E-state index is 11.8. The molecule has 0 aromatic heterocycles. The predicted molar refractivity (Wildman–Crippen MR) is 184 cm³/mol. The van der Waals surface area contributed by atoms with E-state index in [0.29, 0.717) is 30.2 Å². The molecule has 0 heterocycles. The summed E-state index contributed by atoms with van der Waals surface area (Å²) >= 11 is 0. The molecule has 0 spiro atoms. The minimum Gasteiger partial charge on any atom is -0.497 e. The van der Waals surface area contributed by atoms with Crippen molar-refractivity contribution in [3.05, 3.63) is 155 Å². The van der Waals surface area contributed by atoms with Gasteiger partial charge in [0.2, 0.25) is 0 Å². The van der Waals surface area contributed by atoms with Crippen molar-refractivity contribution < 1.29 is 28.8 Å². The van der Waals surface area contributed by atoms with E-state index in [-0.39, 0.29) is 18.6 Å². The molecule has 1 unspecified atom stereocenters. The van der Waals surface area contributed by atoms with Crippen LogP contribution in [0.15, 0.2) is 127 Å². The standard InChI is InChI=1S/C40H41NO6/c1-44-35-17-13-31(14-18-35)40(32-15-19-36(45-2)20-16-32)38(23-29-9-5-3-6-10-29)41-25-34(43)28-46-37-21-22-39(33(24-37)26-42)47-27-30-11-7-4-8-12-30/h3-22,24,26,34,38,40-41,43H,23,25,27-28H2,1-2H3/t34-,38?/m0/s1. The number of nitrogens with one attached hydrogen (secondary N) is 1. The normalized spacial score (nSPS) is 12.3. The van der Waals surface area contributed by atoms with Crippen LogP contribution in [-0.4, -0.2) is 50.9 Å². The second kappa shape index (κ2) is 17.0. The van der Waals surface area contributed by atoms with Crippen LogP contribution < -0.4 is 24.3 Å². The SMILES string of the molecule is COc1ccc(C(c2ccc(OC)cc2)C(Cc2ccccc2)NC[C@H](O)COc2ccc(OCc3ccccc3)c(C=O)c2)cc1. The Morgan fingerprint density at radius 3 is 1.79 bits per heavy atom. The van der Waals surface area contributed by atoms with Crippen LogP contribution in [0, 0.1) is 0 Å². The van der Waals surface area contributed by atoms with Gasteiger partial charge in [-0.05, 0) is 71.1 Å². The van der Waals surface area contributed by atoms with E-state index in [9.17, 15) is 9.90 Å². The lowest BCUT2D eigenvalue weighted by Crippen LogP contribution is -2.43. The summed E-state index contributed by atoms with van der Waals surface area (Å²) in [6, 6.07) is 41.3. The number of carbonyl (C=O) groups is 1. The summed E-state index contributed by atoms with van der Waals surface area (Å²) < 4.78 is 22.7. The van der Waals surface area contributed by atoms with Crippen molar-refractivity contribution >= 4 is 6.29 Å². The summed E-state index contributed by atoms with van der Waals surface area (Å²) in [5.41, 5.74) is 4.80. The molecular weight excluding hydrogens is 590 g/mol. The molecule has 242 valence electrons. The number of ether oxygens (including phenoxy) is 4. The number of benzene rings is 5. The van der Waals surface area contributed by atoms with Gasteiger partial charge in [0.25, 0.3) is 0 Å². The molecule has 47 heavy (non-hydrogen) atoms. The fourth-order valence-electron chi connectivity index (χ4n) is 5.57. The molecule has 0 aliphatic carbocycles. The smallest absolute Gasteiger partial charge is 0.153 e. The van der Waals surface area contributed by atoms with Crippen LogP contribution >= 0.6 is 0 Å². The summed E-state index contributed by atoms with van der Waals surface area (Å²) in [4.78, 5) is 11.8. The summed E-state index contributed by atoms with van der Waals surface area (Å²) in [5, 5.41) is 14.7. The molecule has 0 fully saturated rings. The maximum absolute atomic E-state index is 11.8. The highest BCUT2D eigenvalue weighted by molar-refractivity contribution is 5.80. The molecule has 0 aliphatic rings. The average Bonchev–Trinajstić information content (AvgIpc) is 3.13. The van der Waals surface area contributed by atoms with Crippen molar-refractivity contribution in [3.63, 3.8) is 0 Å². The first-order valence-electron chi connectivity index (χ1n) is 15.7. The van der Waals surface area contributed by atoms with Crippen molar-refractivity contribution in [1.82, 2.24) is 5.32 Å². The Morgan fingerprint density at radius 2 is 1.23 bits per heavy atom. The molecule has 0 amide bonds. The van der Waals surface area contributed by atoms with Crippen LogP contribution in [0.1, 0.15) is 38.5 Å². The third-order valence-electron chi connectivity index (χ3n) is 8.05. The number of carbonyl (C=O) groups excluding carboxylic acids is 1. The van der Waals surface area contributed by atoms with Gasteiger partial charge in [0, 0.05) is 18.5 Å². The number of aldehydes is 1. The second-order valence-corrected chi connectivity index (χ2v) is 11.3. The predicted octanol–water partition coefficient (Wildman–Crippen LogP) is 6.87. The van der Waals surface area contributed by atoms with E-state index in [1.807, 2.05) is 72.8 Å². The molecule has 7 nitrogen and oxygen atoms in total. The topological polar surface area (TPSA) is 86.2 Å². The Kier molecular flexibility index (Phi) is 12.0. The van der Waals surface area contributed by atoms with Gasteiger partial charge in [-0.25, -0.2) is 0 Å². The number of methoxy groups -OCH3 is 2. The van der Waals surface area contributed by atoms with E-state index in [1.165, 1.54) is 5.56 Å². The Bertz CT molecular complexity index is 1610. The molecule has 2 N–H and O–H groups in total. The Labute approximate surface area is 276 Å². The Morgan fingerprint density at radius 1 is 0.681 bits per heavy atom. The molecule has 5 aromatic rings. The largest absolute Gasteiger partial charge is 0.497 e. The zero-order chi connectivity index (χ0) is 32.8. The van der Waals surface area contributed by atoms with Crippen molar-refractivity contribution in [2.75, 3.05) is 27.4 Å². The van der Waals surface area contributed by atoms with Gasteiger partial charge in [-0.3, -0.25) is 4.79 Å². The van der Waals surface area contributed by atoms with Crippen LogP contribution in [0.4, 0.5) is 0 Å². The molecule has 0 radical (unpaired) electrons. The quantitative estimate of drug-likeness (QED) is 0.108. The van der Waals surface area contributed by atoms with Gasteiger partial charge in [-0.1, -0.05) is 84.9 Å². The molecular formula is C40H41NO6. The van der Waals surface area contributed by atoms with E-state index < -0.39 is 6.10 Å². The minimum atomic E-state index is -0.811. The second-order valence-electron chi connectivity index (χ2n) is 11.3. The summed E-state index contributed by atoms with van der Waals surface area (Å²) in [5.74, 6) is 2.49. The number of hydrogen-bond acceptors (Lipinski definition) is 7. The van der Waals surface area contributed by atoms with Gasteiger partial charge in [0.1, 0.15) is 42.3 Å². The molecule has 7 heteroatoms. The minimum absolute atomic E-state index is 0.0429. The lowest BCUT2D eigenvalue weighted by Gasteiger charge is -2.30. The molecule has 2 atom stereocenters. The number of aliphatic hydroxyl groups is 1. The molecule has 0 bridgehead atoms. The Hall–Kier alpha value is -5.11. The van der Waals surface area contributed by atoms with Gasteiger partial charge < -0.3 is 29.4 Å². The van der Waals surface area contributed by atoms with Crippen molar-refractivity contribution in [1.29, 1.82) is 0 Å². The summed E-state index contributed by atoms with van der Waals surface area (Å²) in [7, 11) is 3.32. The zero-order valence-corrected chi connectivity index (χ0v) is 26.8. The van der Waals surface area contributed by atoms with Crippen LogP contribution in [-0.2, 0) is 13.0 Å². The highest BCUT2D eigenvalue weighted by Crippen LogP contribution is 2.32. The highest BCUT2D eigenvalue weighted by Gasteiger charge is 2.26. The highest BCUT2D eigenvalue weighted by atomic mass is 16.5. The van der Waals surface area contributed by atoms with Crippen molar-refractivity contribution in [2.45, 2.75) is 31.1 Å². The molecule has 0 aliphatic heterocycles. The number of hydrogen-bond donors (Lipinski definition) is 2. The fraction of sp³-hybridized carbons (Fsp3) is 0.225. The Balaban J connectivity index is 1.29. The molecule has 0 saturated carbocycles. The fourth-order valence-corrected chi connectivity index (χ4v) is 5.57. The van der Waals surface area contributed by atoms with E-state index in [4.69, 9.17) is 18.9 Å². The number of aliphatic hydroxyl groups excluding tert-OH is 1. The lowest BCUT2D eigenvalue weighted by molar-refractivity contribution is 0.102. The third-order valence-corrected chi connectivity index (χ3v) is 8.05. The van der Waals surface area contributed by atoms with E-state index in [1.54, 1.807) is 32.4 Å². The van der Waals surface area contributed by atoms with Crippen LogP contribution in [0.25, 0.3) is 0 Å². The van der Waals surface area contributed by atoms with Crippen LogP contribution in [0.3, 0.4) is 0 Å². The molecule has 0 saturated heterocycles. The summed E-state index contributed by atoms with van der Waals surface area (Å²) in [6.45, 7) is 0.687. The van der Waals surface area contributed by atoms with Crippen molar-refractivity contribution in [2.24, 2.45) is 0 Å². The third kappa shape index (κ3) is 9.45. The first-order chi connectivity index (χ1) is 23.1. The van der Waals surface area contributed by atoms with Crippen molar-refractivity contribution in [3.8, 4) is 23.0 Å². The van der Waals surface area contributed by atoms with E-state index in [2.05, 4.69) is 41.7 Å². The van der Waals surface area contributed by atoms with Gasteiger partial charge >= 0.3 is 0 Å². The maximum Gasteiger partial charge on any atom is 0.153 e. The zero-order valence-electron chi connectivity index (χ0n) is 26.8. The van der Waals surface area contributed by atoms with Crippen LogP contribution in [0.2, 0.25) is 0 Å². The monoisotopic (exact) mass is 631 g/mol. The average molecular weight is 632 g/mol. The lowest BCUT2D eigenvalue weighted by atomic mass is 9.82. The molecule has 5 aromatic carbocycles. The van der Waals surface area contributed by atoms with E-state index in [0.717, 1.165) is 40.9 Å². The summed E-state index contributed by atoms with van der Waals surface area (Å²) in [6.07, 6.45) is 0.664. The van der Waals surface area contributed by atoms with Gasteiger partial charge in [0.15, 0.2) is 6.29 Å². The first-order valence-corrected chi connectivity index (χ1v) is 15.7. The first kappa shape index (κ1) is 33.3. The van der Waals surface area contributed by atoms with Gasteiger partial charge in [-0.15, -0.1) is 0 Å². The number of rotatable bonds is 17. The molecule has 5 rings (SSSR count). The van der Waals surface area contributed by atoms with Crippen LogP contribution in [0.5, 0.6) is 23.0 Å². The van der Waals surface area contributed by atoms with Gasteiger partial charge in [0.05, 0.1) is 19.8 Å². The van der Waals surface area contributed by atoms with Gasteiger partial charge in [-0.2, -0.15) is 0 Å². The van der Waals surface area contributed by atoms with E-state index >= 15 is 0 Å².